The number of ether oxygens (including phenoxy) is 1. The van der Waals surface area contributed by atoms with E-state index in [0.29, 0.717) is 26.3 Å². The van der Waals surface area contributed by atoms with Crippen molar-refractivity contribution in [1.29, 1.82) is 0 Å². The second-order valence-electron chi connectivity index (χ2n) is 6.04. The summed E-state index contributed by atoms with van der Waals surface area (Å²) in [6.45, 7) is -0.233. The molecule has 0 spiro atoms. The van der Waals surface area contributed by atoms with Crippen LogP contribution >= 0.6 is 34.8 Å². The summed E-state index contributed by atoms with van der Waals surface area (Å²) < 4.78 is 5.10. The van der Waals surface area contributed by atoms with Gasteiger partial charge in [0, 0.05) is 29.2 Å². The van der Waals surface area contributed by atoms with Gasteiger partial charge in [-0.2, -0.15) is 0 Å². The number of hydrogen-bond acceptors (Lipinski definition) is 4. The summed E-state index contributed by atoms with van der Waals surface area (Å²) in [4.78, 5) is 38.0. The molecule has 1 aliphatic heterocycles. The third-order valence-electron chi connectivity index (χ3n) is 4.18. The summed E-state index contributed by atoms with van der Waals surface area (Å²) >= 11 is 17.6. The molecule has 2 aromatic carbocycles. The molecule has 1 aliphatic rings. The van der Waals surface area contributed by atoms with Gasteiger partial charge in [0.15, 0.2) is 12.4 Å². The van der Waals surface area contributed by atoms with Gasteiger partial charge in [-0.1, -0.05) is 34.8 Å². The molecule has 0 unspecified atom stereocenters. The highest BCUT2D eigenvalue weighted by atomic mass is 35.5. The Morgan fingerprint density at radius 1 is 1.04 bits per heavy atom. The molecule has 3 rings (SSSR count). The van der Waals surface area contributed by atoms with Crippen molar-refractivity contribution in [2.45, 2.75) is 6.42 Å². The number of carbonyl (C=O) groups excluding carboxylic acids is 3. The van der Waals surface area contributed by atoms with Gasteiger partial charge in [-0.15, -0.1) is 0 Å². The van der Waals surface area contributed by atoms with Crippen LogP contribution in [0, 0.1) is 5.92 Å². The summed E-state index contributed by atoms with van der Waals surface area (Å²) in [6, 6.07) is 11.1. The molecule has 8 heteroatoms. The van der Waals surface area contributed by atoms with Crippen LogP contribution in [0.15, 0.2) is 42.5 Å². The van der Waals surface area contributed by atoms with Crippen molar-refractivity contribution >= 4 is 58.1 Å². The Morgan fingerprint density at radius 2 is 1.74 bits per heavy atom. The van der Waals surface area contributed by atoms with Crippen LogP contribution in [0.25, 0.3) is 0 Å². The normalized spacial score (nSPS) is 16.5. The zero-order valence-corrected chi connectivity index (χ0v) is 16.2. The van der Waals surface area contributed by atoms with Crippen LogP contribution in [0.3, 0.4) is 0 Å². The zero-order valence-electron chi connectivity index (χ0n) is 14.0. The van der Waals surface area contributed by atoms with E-state index in [9.17, 15) is 14.4 Å². The van der Waals surface area contributed by atoms with E-state index in [2.05, 4.69) is 0 Å². The van der Waals surface area contributed by atoms with Gasteiger partial charge in [-0.3, -0.25) is 14.4 Å². The van der Waals surface area contributed by atoms with E-state index < -0.39 is 18.5 Å². The standard InChI is InChI=1S/C19H14Cl3NO4/c20-13-3-1-11(2-4-13)17(24)10-27-19(26)12-7-18(25)23(9-12)14-5-6-15(21)16(22)8-14/h1-6,8,12H,7,9-10H2/t12-/m0/s1. The van der Waals surface area contributed by atoms with Crippen LogP contribution in [0.1, 0.15) is 16.8 Å². The van der Waals surface area contributed by atoms with E-state index in [4.69, 9.17) is 39.5 Å². The second-order valence-corrected chi connectivity index (χ2v) is 7.29. The highest BCUT2D eigenvalue weighted by Crippen LogP contribution is 2.31. The average Bonchev–Trinajstić information content (AvgIpc) is 3.04. The fraction of sp³-hybridized carbons (Fsp3) is 0.211. The van der Waals surface area contributed by atoms with Gasteiger partial charge in [0.05, 0.1) is 16.0 Å². The van der Waals surface area contributed by atoms with Crippen LogP contribution in [0.5, 0.6) is 0 Å². The molecule has 27 heavy (non-hydrogen) atoms. The molecule has 0 saturated carbocycles. The van der Waals surface area contributed by atoms with E-state index >= 15 is 0 Å². The molecular weight excluding hydrogens is 413 g/mol. The number of amides is 1. The van der Waals surface area contributed by atoms with Crippen LogP contribution < -0.4 is 4.90 Å². The van der Waals surface area contributed by atoms with Gasteiger partial charge in [0.2, 0.25) is 5.91 Å². The summed E-state index contributed by atoms with van der Waals surface area (Å²) in [5.74, 6) is -1.80. The van der Waals surface area contributed by atoms with E-state index in [1.54, 1.807) is 42.5 Å². The monoisotopic (exact) mass is 425 g/mol. The molecular formula is C19H14Cl3NO4. The number of halogens is 3. The first-order chi connectivity index (χ1) is 12.8. The Labute approximate surface area is 170 Å². The van der Waals surface area contributed by atoms with Crippen LogP contribution in [0.4, 0.5) is 5.69 Å². The molecule has 5 nitrogen and oxygen atoms in total. The highest BCUT2D eigenvalue weighted by Gasteiger charge is 2.36. The zero-order chi connectivity index (χ0) is 19.6. The smallest absolute Gasteiger partial charge is 0.311 e. The lowest BCUT2D eigenvalue weighted by atomic mass is 10.1. The molecule has 0 aromatic heterocycles. The van der Waals surface area contributed by atoms with Gasteiger partial charge >= 0.3 is 5.97 Å². The maximum absolute atomic E-state index is 12.3. The quantitative estimate of drug-likeness (QED) is 0.524. The minimum atomic E-state index is -0.648. The van der Waals surface area contributed by atoms with Crippen molar-refractivity contribution in [3.8, 4) is 0 Å². The summed E-state index contributed by atoms with van der Waals surface area (Å²) in [5.41, 5.74) is 0.953. The first kappa shape index (κ1) is 19.7. The summed E-state index contributed by atoms with van der Waals surface area (Å²) in [7, 11) is 0. The number of Topliss-reactive ketones (excluding diaryl/α,β-unsaturated/α-hetero) is 1. The van der Waals surface area contributed by atoms with Crippen LogP contribution in [0.2, 0.25) is 15.1 Å². The number of benzene rings is 2. The van der Waals surface area contributed by atoms with Gasteiger partial charge in [-0.05, 0) is 42.5 Å². The average molecular weight is 427 g/mol. The molecule has 1 saturated heterocycles. The van der Waals surface area contributed by atoms with Crippen molar-refractivity contribution in [3.63, 3.8) is 0 Å². The molecule has 2 aromatic rings. The fourth-order valence-corrected chi connectivity index (χ4v) is 3.16. The second kappa shape index (κ2) is 8.30. The third-order valence-corrected chi connectivity index (χ3v) is 5.18. The van der Waals surface area contributed by atoms with Crippen LogP contribution in [-0.4, -0.2) is 30.8 Å². The lowest BCUT2D eigenvalue weighted by Gasteiger charge is -2.17. The van der Waals surface area contributed by atoms with E-state index in [1.165, 1.54) is 4.90 Å². The predicted octanol–water partition coefficient (Wildman–Crippen LogP) is 4.43. The van der Waals surface area contributed by atoms with Crippen molar-refractivity contribution < 1.29 is 19.1 Å². The highest BCUT2D eigenvalue weighted by molar-refractivity contribution is 6.42. The fourth-order valence-electron chi connectivity index (χ4n) is 2.74. The molecule has 0 bridgehead atoms. The molecule has 0 N–H and O–H groups in total. The Hall–Kier alpha value is -2.08. The maximum Gasteiger partial charge on any atom is 0.311 e. The van der Waals surface area contributed by atoms with E-state index in [0.717, 1.165) is 0 Å². The summed E-state index contributed by atoms with van der Waals surface area (Å²) in [5, 5.41) is 1.21. The van der Waals surface area contributed by atoms with Crippen LogP contribution in [-0.2, 0) is 14.3 Å². The Kier molecular flexibility index (Phi) is 6.05. The first-order valence-electron chi connectivity index (χ1n) is 8.06. The topological polar surface area (TPSA) is 63.7 Å². The Morgan fingerprint density at radius 3 is 2.41 bits per heavy atom. The van der Waals surface area contributed by atoms with Gasteiger partial charge in [0.25, 0.3) is 0 Å². The number of nitrogens with zero attached hydrogens (tertiary/aromatic N) is 1. The molecule has 0 aliphatic carbocycles. The SMILES string of the molecule is O=C(COC(=O)[C@H]1CC(=O)N(c2ccc(Cl)c(Cl)c2)C1)c1ccc(Cl)cc1. The lowest BCUT2D eigenvalue weighted by molar-refractivity contribution is -0.147. The number of anilines is 1. The molecule has 140 valence electrons. The number of hydrogen-bond donors (Lipinski definition) is 0. The van der Waals surface area contributed by atoms with Crippen molar-refractivity contribution in [2.24, 2.45) is 5.92 Å². The number of ketones is 1. The molecule has 1 heterocycles. The Balaban J connectivity index is 1.59. The molecule has 1 atom stereocenters. The lowest BCUT2D eigenvalue weighted by Crippen LogP contribution is -2.27. The van der Waals surface area contributed by atoms with Crippen molar-refractivity contribution in [1.82, 2.24) is 0 Å². The molecule has 1 fully saturated rings. The maximum atomic E-state index is 12.3. The Bertz CT molecular complexity index is 898. The first-order valence-corrected chi connectivity index (χ1v) is 9.19. The van der Waals surface area contributed by atoms with Gasteiger partial charge < -0.3 is 9.64 Å². The molecule has 0 radical (unpaired) electrons. The minimum absolute atomic E-state index is 0.00815. The minimum Gasteiger partial charge on any atom is -0.457 e. The van der Waals surface area contributed by atoms with E-state index in [1.807, 2.05) is 0 Å². The largest absolute Gasteiger partial charge is 0.457 e. The third kappa shape index (κ3) is 4.61. The number of carbonyl (C=O) groups is 3. The molecule has 1 amide bonds. The van der Waals surface area contributed by atoms with Crippen molar-refractivity contribution in [3.05, 3.63) is 63.1 Å². The summed E-state index contributed by atoms with van der Waals surface area (Å²) in [6.07, 6.45) is 0.00815. The van der Waals surface area contributed by atoms with Gasteiger partial charge in [-0.25, -0.2) is 0 Å². The predicted molar refractivity (Wildman–Crippen MR) is 104 cm³/mol. The van der Waals surface area contributed by atoms with E-state index in [-0.39, 0.29) is 24.7 Å². The van der Waals surface area contributed by atoms with Gasteiger partial charge in [0.1, 0.15) is 0 Å². The van der Waals surface area contributed by atoms with Crippen molar-refractivity contribution in [2.75, 3.05) is 18.1 Å². The number of esters is 1. The number of rotatable bonds is 5.